The van der Waals surface area contributed by atoms with Gasteiger partial charge in [-0.05, 0) is 55.0 Å². The number of pyridine rings is 1. The smallest absolute Gasteiger partial charge is 0.253 e. The Morgan fingerprint density at radius 2 is 1.50 bits per heavy atom. The van der Waals surface area contributed by atoms with E-state index in [4.69, 9.17) is 4.98 Å². The van der Waals surface area contributed by atoms with E-state index in [0.29, 0.717) is 0 Å². The van der Waals surface area contributed by atoms with Crippen molar-refractivity contribution in [3.63, 3.8) is 0 Å². The standard InChI is InChI=1S/C25H28N4O/c30-25(29-13-5-2-6-14-29)21-10-9-20-11-12-26-24(23(20)19-21)28-17-15-27(16-18-28)22-7-3-1-4-8-22/h1,3-4,7-12,19H,2,5-6,13-18H2. The summed E-state index contributed by atoms with van der Waals surface area (Å²) in [6, 6.07) is 18.7. The zero-order chi connectivity index (χ0) is 20.3. The lowest BCUT2D eigenvalue weighted by molar-refractivity contribution is 0.0724. The molecule has 0 bridgehead atoms. The van der Waals surface area contributed by atoms with Gasteiger partial charge in [0.2, 0.25) is 0 Å². The molecular weight excluding hydrogens is 372 g/mol. The minimum atomic E-state index is 0.153. The Bertz CT molecular complexity index is 1020. The molecule has 5 nitrogen and oxygen atoms in total. The van der Waals surface area contributed by atoms with Gasteiger partial charge >= 0.3 is 0 Å². The molecule has 3 aromatic rings. The van der Waals surface area contributed by atoms with E-state index in [1.165, 1.54) is 12.1 Å². The number of hydrogen-bond donors (Lipinski definition) is 0. The van der Waals surface area contributed by atoms with Crippen LogP contribution in [0.25, 0.3) is 10.8 Å². The highest BCUT2D eigenvalue weighted by molar-refractivity contribution is 6.01. The topological polar surface area (TPSA) is 39.7 Å². The summed E-state index contributed by atoms with van der Waals surface area (Å²) in [5, 5.41) is 2.22. The molecule has 3 heterocycles. The van der Waals surface area contributed by atoms with Gasteiger partial charge in [-0.25, -0.2) is 4.98 Å². The van der Waals surface area contributed by atoms with E-state index >= 15 is 0 Å². The van der Waals surface area contributed by atoms with E-state index in [2.05, 4.69) is 52.3 Å². The highest BCUT2D eigenvalue weighted by Crippen LogP contribution is 2.28. The third-order valence-electron chi connectivity index (χ3n) is 6.34. The Morgan fingerprint density at radius 3 is 2.27 bits per heavy atom. The molecule has 0 radical (unpaired) electrons. The third kappa shape index (κ3) is 3.72. The summed E-state index contributed by atoms with van der Waals surface area (Å²) in [5.74, 6) is 1.15. The number of likely N-dealkylation sites (tertiary alicyclic amines) is 1. The molecule has 2 aliphatic rings. The van der Waals surface area contributed by atoms with Gasteiger partial charge < -0.3 is 14.7 Å². The number of rotatable bonds is 3. The summed E-state index contributed by atoms with van der Waals surface area (Å²) < 4.78 is 0. The zero-order valence-corrected chi connectivity index (χ0v) is 17.3. The van der Waals surface area contributed by atoms with Gasteiger partial charge in [-0.1, -0.05) is 24.3 Å². The zero-order valence-electron chi connectivity index (χ0n) is 17.3. The highest BCUT2D eigenvalue weighted by atomic mass is 16.2. The molecule has 0 spiro atoms. The van der Waals surface area contributed by atoms with Crippen LogP contribution in [0.15, 0.2) is 60.8 Å². The van der Waals surface area contributed by atoms with Gasteiger partial charge in [-0.15, -0.1) is 0 Å². The predicted molar refractivity (Wildman–Crippen MR) is 122 cm³/mol. The number of nitrogens with zero attached hydrogens (tertiary/aromatic N) is 4. The lowest BCUT2D eigenvalue weighted by Gasteiger charge is -2.37. The molecule has 154 valence electrons. The van der Waals surface area contributed by atoms with Crippen molar-refractivity contribution in [1.29, 1.82) is 0 Å². The molecule has 1 aromatic heterocycles. The SMILES string of the molecule is O=C(c1ccc2ccnc(N3CCN(c4ccccc4)CC3)c2c1)N1CCCCC1. The van der Waals surface area contributed by atoms with Crippen molar-refractivity contribution in [3.05, 3.63) is 66.4 Å². The molecule has 30 heavy (non-hydrogen) atoms. The number of piperazine rings is 1. The van der Waals surface area contributed by atoms with Gasteiger partial charge in [0.1, 0.15) is 5.82 Å². The second-order valence-electron chi connectivity index (χ2n) is 8.23. The van der Waals surface area contributed by atoms with Crippen LogP contribution in [0.5, 0.6) is 0 Å². The Morgan fingerprint density at radius 1 is 0.767 bits per heavy atom. The normalized spacial score (nSPS) is 17.4. The molecule has 0 atom stereocenters. The van der Waals surface area contributed by atoms with Gasteiger partial charge in [0, 0.05) is 62.1 Å². The molecular formula is C25H28N4O. The van der Waals surface area contributed by atoms with Crippen molar-refractivity contribution in [2.45, 2.75) is 19.3 Å². The number of fused-ring (bicyclic) bond motifs is 1. The van der Waals surface area contributed by atoms with E-state index in [1.807, 2.05) is 23.2 Å². The van der Waals surface area contributed by atoms with Crippen molar-refractivity contribution in [1.82, 2.24) is 9.88 Å². The molecule has 2 aliphatic heterocycles. The monoisotopic (exact) mass is 400 g/mol. The maximum Gasteiger partial charge on any atom is 0.253 e. The average molecular weight is 401 g/mol. The van der Waals surface area contributed by atoms with E-state index < -0.39 is 0 Å². The second-order valence-corrected chi connectivity index (χ2v) is 8.23. The maximum atomic E-state index is 13.0. The molecule has 0 N–H and O–H groups in total. The van der Waals surface area contributed by atoms with Crippen LogP contribution in [0.3, 0.4) is 0 Å². The number of carbonyl (C=O) groups is 1. The number of anilines is 2. The fraction of sp³-hybridized carbons (Fsp3) is 0.360. The van der Waals surface area contributed by atoms with Gasteiger partial charge in [-0.3, -0.25) is 4.79 Å². The fourth-order valence-corrected chi connectivity index (χ4v) is 4.63. The van der Waals surface area contributed by atoms with Gasteiger partial charge in [0.25, 0.3) is 5.91 Å². The van der Waals surface area contributed by atoms with Crippen molar-refractivity contribution < 1.29 is 4.79 Å². The van der Waals surface area contributed by atoms with Crippen LogP contribution in [0.1, 0.15) is 29.6 Å². The number of amides is 1. The molecule has 2 aromatic carbocycles. The summed E-state index contributed by atoms with van der Waals surface area (Å²) in [7, 11) is 0. The maximum absolute atomic E-state index is 13.0. The Balaban J connectivity index is 1.38. The van der Waals surface area contributed by atoms with E-state index in [9.17, 15) is 4.79 Å². The molecule has 0 aliphatic carbocycles. The van der Waals surface area contributed by atoms with Crippen molar-refractivity contribution in [2.75, 3.05) is 49.1 Å². The molecule has 2 fully saturated rings. The van der Waals surface area contributed by atoms with Crippen molar-refractivity contribution in [2.24, 2.45) is 0 Å². The molecule has 0 saturated carbocycles. The van der Waals surface area contributed by atoms with Gasteiger partial charge in [-0.2, -0.15) is 0 Å². The van der Waals surface area contributed by atoms with Crippen LogP contribution in [0.2, 0.25) is 0 Å². The third-order valence-corrected chi connectivity index (χ3v) is 6.34. The molecule has 5 rings (SSSR count). The highest BCUT2D eigenvalue weighted by Gasteiger charge is 2.22. The van der Waals surface area contributed by atoms with Gasteiger partial charge in [0.15, 0.2) is 0 Å². The predicted octanol–water partition coefficient (Wildman–Crippen LogP) is 4.19. The first-order valence-electron chi connectivity index (χ1n) is 11.0. The average Bonchev–Trinajstić information content (AvgIpc) is 2.84. The van der Waals surface area contributed by atoms with Crippen LogP contribution < -0.4 is 9.80 Å². The summed E-state index contributed by atoms with van der Waals surface area (Å²) in [6.45, 7) is 5.52. The number of para-hydroxylation sites is 1. The molecule has 2 saturated heterocycles. The second kappa shape index (κ2) is 8.34. The summed E-state index contributed by atoms with van der Waals surface area (Å²) in [4.78, 5) is 24.5. The number of benzene rings is 2. The van der Waals surface area contributed by atoms with Crippen LogP contribution in [-0.2, 0) is 0 Å². The Kier molecular flexibility index (Phi) is 5.26. The molecule has 0 unspecified atom stereocenters. The van der Waals surface area contributed by atoms with Crippen LogP contribution in [-0.4, -0.2) is 55.1 Å². The van der Waals surface area contributed by atoms with Crippen LogP contribution >= 0.6 is 0 Å². The summed E-state index contributed by atoms with van der Waals surface area (Å²) >= 11 is 0. The van der Waals surface area contributed by atoms with E-state index in [0.717, 1.165) is 74.3 Å². The minimum Gasteiger partial charge on any atom is -0.368 e. The first-order chi connectivity index (χ1) is 14.8. The van der Waals surface area contributed by atoms with E-state index in [-0.39, 0.29) is 5.91 Å². The minimum absolute atomic E-state index is 0.153. The molecule has 1 amide bonds. The largest absolute Gasteiger partial charge is 0.368 e. The number of piperidine rings is 1. The van der Waals surface area contributed by atoms with E-state index in [1.54, 1.807) is 0 Å². The van der Waals surface area contributed by atoms with Crippen LogP contribution in [0.4, 0.5) is 11.5 Å². The number of carbonyl (C=O) groups excluding carboxylic acids is 1. The molecule has 5 heteroatoms. The summed E-state index contributed by atoms with van der Waals surface area (Å²) in [5.41, 5.74) is 2.05. The lowest BCUT2D eigenvalue weighted by atomic mass is 10.0. The fourth-order valence-electron chi connectivity index (χ4n) is 4.63. The quantitative estimate of drug-likeness (QED) is 0.661. The number of aromatic nitrogens is 1. The lowest BCUT2D eigenvalue weighted by Crippen LogP contribution is -2.46. The van der Waals surface area contributed by atoms with Gasteiger partial charge in [0.05, 0.1) is 0 Å². The van der Waals surface area contributed by atoms with Crippen LogP contribution in [0, 0.1) is 0 Å². The van der Waals surface area contributed by atoms with Crippen molar-refractivity contribution >= 4 is 28.2 Å². The summed E-state index contributed by atoms with van der Waals surface area (Å²) in [6.07, 6.45) is 5.33. The first-order valence-corrected chi connectivity index (χ1v) is 11.0. The number of hydrogen-bond acceptors (Lipinski definition) is 4. The first kappa shape index (κ1) is 18.9. The van der Waals surface area contributed by atoms with Crippen molar-refractivity contribution in [3.8, 4) is 0 Å². The Hall–Kier alpha value is -3.08. The Labute approximate surface area is 177 Å².